The molecule has 1 amide bonds. The number of benzene rings is 2. The molecule has 9 heteroatoms. The number of hydrazone groups is 1. The molecular weight excluding hydrogens is 324 g/mol. The van der Waals surface area contributed by atoms with Crippen LogP contribution in [0.1, 0.15) is 22.8 Å². The van der Waals surface area contributed by atoms with Crippen LogP contribution in [0.3, 0.4) is 0 Å². The van der Waals surface area contributed by atoms with E-state index in [9.17, 15) is 15.0 Å². The monoisotopic (exact) mass is 338 g/mol. The van der Waals surface area contributed by atoms with E-state index >= 15 is 0 Å². The third-order valence-electron chi connectivity index (χ3n) is 3.45. The summed E-state index contributed by atoms with van der Waals surface area (Å²) in [5.41, 5.74) is 4.55. The number of hydrogen-bond donors (Lipinski definition) is 3. The van der Waals surface area contributed by atoms with Crippen LogP contribution in [-0.2, 0) is 0 Å². The number of nitrogens with one attached hydrogen (secondary N) is 1. The number of nitrogens with zero attached hydrogens (tertiary/aromatic N) is 5. The Morgan fingerprint density at radius 1 is 1.16 bits per heavy atom. The van der Waals surface area contributed by atoms with Gasteiger partial charge in [0.25, 0.3) is 5.91 Å². The van der Waals surface area contributed by atoms with Gasteiger partial charge in [0.05, 0.1) is 17.0 Å². The van der Waals surface area contributed by atoms with Crippen molar-refractivity contribution in [2.45, 2.75) is 6.92 Å². The Bertz CT molecular complexity index is 920. The molecule has 0 spiro atoms. The van der Waals surface area contributed by atoms with E-state index in [4.69, 9.17) is 0 Å². The maximum Gasteiger partial charge on any atom is 0.275 e. The van der Waals surface area contributed by atoms with Crippen molar-refractivity contribution in [2.75, 3.05) is 0 Å². The maximum atomic E-state index is 12.0. The Balaban J connectivity index is 1.72. The number of amides is 1. The van der Waals surface area contributed by atoms with Crippen LogP contribution in [0.25, 0.3) is 5.69 Å². The molecule has 9 nitrogen and oxygen atoms in total. The van der Waals surface area contributed by atoms with Crippen molar-refractivity contribution in [1.82, 2.24) is 25.6 Å². The minimum absolute atomic E-state index is 0.0170. The lowest BCUT2D eigenvalue weighted by molar-refractivity contribution is 0.0952. The highest BCUT2D eigenvalue weighted by molar-refractivity contribution is 6.01. The van der Waals surface area contributed by atoms with E-state index in [0.717, 1.165) is 17.3 Å². The van der Waals surface area contributed by atoms with Crippen LogP contribution in [0.4, 0.5) is 0 Å². The van der Waals surface area contributed by atoms with Gasteiger partial charge in [-0.15, -0.1) is 5.10 Å². The van der Waals surface area contributed by atoms with E-state index in [1.807, 2.05) is 24.3 Å². The van der Waals surface area contributed by atoms with Crippen molar-refractivity contribution >= 4 is 11.6 Å². The van der Waals surface area contributed by atoms with E-state index in [1.54, 1.807) is 6.92 Å². The molecule has 0 aliphatic rings. The third-order valence-corrected chi connectivity index (χ3v) is 3.45. The van der Waals surface area contributed by atoms with Gasteiger partial charge in [0.1, 0.15) is 17.8 Å². The Labute approximate surface area is 142 Å². The van der Waals surface area contributed by atoms with Gasteiger partial charge in [-0.3, -0.25) is 4.79 Å². The van der Waals surface area contributed by atoms with Crippen molar-refractivity contribution in [2.24, 2.45) is 5.10 Å². The first kappa shape index (κ1) is 16.1. The summed E-state index contributed by atoms with van der Waals surface area (Å²) in [6.45, 7) is 1.74. The summed E-state index contributed by atoms with van der Waals surface area (Å²) < 4.78 is 1.52. The zero-order valence-electron chi connectivity index (χ0n) is 13.2. The number of aromatic hydroxyl groups is 2. The molecule has 0 saturated carbocycles. The van der Waals surface area contributed by atoms with E-state index in [1.165, 1.54) is 23.1 Å². The van der Waals surface area contributed by atoms with Gasteiger partial charge in [0, 0.05) is 6.07 Å². The Hall–Kier alpha value is -3.75. The number of aromatic nitrogens is 4. The fraction of sp³-hybridized carbons (Fsp3) is 0.0625. The highest BCUT2D eigenvalue weighted by Crippen LogP contribution is 2.22. The molecule has 2 aromatic carbocycles. The van der Waals surface area contributed by atoms with Crippen molar-refractivity contribution in [3.8, 4) is 17.2 Å². The molecule has 0 fully saturated rings. The second kappa shape index (κ2) is 6.79. The van der Waals surface area contributed by atoms with Crippen molar-refractivity contribution < 1.29 is 15.0 Å². The standard InChI is InChI=1S/C16H14N6O3/c1-10(11-2-4-12(5-3-11)22-9-17-20-21-22)18-19-16(25)14-7-6-13(23)8-15(14)24/h2-9,23-24H,1H3,(H,19,25)/b18-10+. The molecule has 0 atom stereocenters. The largest absolute Gasteiger partial charge is 0.508 e. The highest BCUT2D eigenvalue weighted by Gasteiger charge is 2.11. The fourth-order valence-corrected chi connectivity index (χ4v) is 2.11. The maximum absolute atomic E-state index is 12.0. The van der Waals surface area contributed by atoms with Crippen LogP contribution in [0.5, 0.6) is 11.5 Å². The molecule has 0 saturated heterocycles. The van der Waals surface area contributed by atoms with Crippen LogP contribution >= 0.6 is 0 Å². The van der Waals surface area contributed by atoms with Crippen molar-refractivity contribution in [3.05, 3.63) is 59.9 Å². The van der Waals surface area contributed by atoms with Gasteiger partial charge in [0.15, 0.2) is 0 Å². The highest BCUT2D eigenvalue weighted by atomic mass is 16.3. The SMILES string of the molecule is C/C(=N\NC(=O)c1ccc(O)cc1O)c1ccc(-n2cnnn2)cc1. The molecule has 0 radical (unpaired) electrons. The number of carbonyl (C=O) groups excluding carboxylic acids is 1. The first-order valence-corrected chi connectivity index (χ1v) is 7.25. The van der Waals surface area contributed by atoms with Crippen LogP contribution in [-0.4, -0.2) is 42.0 Å². The van der Waals surface area contributed by atoms with Crippen molar-refractivity contribution in [1.29, 1.82) is 0 Å². The molecule has 0 unspecified atom stereocenters. The number of rotatable bonds is 4. The van der Waals surface area contributed by atoms with Gasteiger partial charge < -0.3 is 10.2 Å². The minimum atomic E-state index is -0.581. The zero-order chi connectivity index (χ0) is 17.8. The molecule has 3 aromatic rings. The van der Waals surface area contributed by atoms with Gasteiger partial charge in [0.2, 0.25) is 0 Å². The fourth-order valence-electron chi connectivity index (χ4n) is 2.11. The lowest BCUT2D eigenvalue weighted by atomic mass is 10.1. The summed E-state index contributed by atoms with van der Waals surface area (Å²) in [7, 11) is 0. The Kier molecular flexibility index (Phi) is 4.38. The van der Waals surface area contributed by atoms with E-state index in [-0.39, 0.29) is 17.1 Å². The van der Waals surface area contributed by atoms with Crippen LogP contribution in [0, 0.1) is 0 Å². The first-order valence-electron chi connectivity index (χ1n) is 7.25. The van der Waals surface area contributed by atoms with Crippen LogP contribution in [0.2, 0.25) is 0 Å². The molecular formula is C16H14N6O3. The number of carbonyl (C=O) groups is 1. The first-order chi connectivity index (χ1) is 12.0. The smallest absolute Gasteiger partial charge is 0.275 e. The zero-order valence-corrected chi connectivity index (χ0v) is 13.2. The topological polar surface area (TPSA) is 126 Å². The molecule has 1 aromatic heterocycles. The van der Waals surface area contributed by atoms with Gasteiger partial charge in [-0.25, -0.2) is 10.1 Å². The quantitative estimate of drug-likeness (QED) is 0.485. The normalized spacial score (nSPS) is 11.3. The molecule has 0 aliphatic heterocycles. The lowest BCUT2D eigenvalue weighted by Gasteiger charge is -2.06. The van der Waals surface area contributed by atoms with Crippen LogP contribution < -0.4 is 5.43 Å². The summed E-state index contributed by atoms with van der Waals surface area (Å²) in [6, 6.07) is 11.0. The summed E-state index contributed by atoms with van der Waals surface area (Å²) in [6.07, 6.45) is 1.49. The summed E-state index contributed by atoms with van der Waals surface area (Å²) in [5, 5.41) is 33.9. The molecule has 3 rings (SSSR count). The number of phenols is 2. The molecule has 25 heavy (non-hydrogen) atoms. The molecule has 0 bridgehead atoms. The van der Waals surface area contributed by atoms with E-state index in [0.29, 0.717) is 5.71 Å². The average molecular weight is 338 g/mol. The van der Waals surface area contributed by atoms with Gasteiger partial charge in [-0.2, -0.15) is 5.10 Å². The Morgan fingerprint density at radius 2 is 1.92 bits per heavy atom. The minimum Gasteiger partial charge on any atom is -0.508 e. The van der Waals surface area contributed by atoms with Gasteiger partial charge in [-0.05, 0) is 47.2 Å². The summed E-state index contributed by atoms with van der Waals surface area (Å²) in [4.78, 5) is 12.0. The third kappa shape index (κ3) is 3.61. The predicted molar refractivity (Wildman–Crippen MR) is 88.6 cm³/mol. The molecule has 126 valence electrons. The predicted octanol–water partition coefficient (Wildman–Crippen LogP) is 1.23. The number of tetrazole rings is 1. The summed E-state index contributed by atoms with van der Waals surface area (Å²) >= 11 is 0. The van der Waals surface area contributed by atoms with Crippen LogP contribution in [0.15, 0.2) is 53.9 Å². The Morgan fingerprint density at radius 3 is 2.56 bits per heavy atom. The van der Waals surface area contributed by atoms with Gasteiger partial charge >= 0.3 is 0 Å². The average Bonchev–Trinajstić information content (AvgIpc) is 3.14. The number of hydrogen-bond acceptors (Lipinski definition) is 7. The van der Waals surface area contributed by atoms with Crippen molar-refractivity contribution in [3.63, 3.8) is 0 Å². The second-order valence-electron chi connectivity index (χ2n) is 5.14. The van der Waals surface area contributed by atoms with Gasteiger partial charge in [-0.1, -0.05) is 12.1 Å². The number of phenolic OH excluding ortho intramolecular Hbond substituents is 2. The summed E-state index contributed by atoms with van der Waals surface area (Å²) in [5.74, 6) is -1.03. The lowest BCUT2D eigenvalue weighted by Crippen LogP contribution is -2.19. The molecule has 0 aliphatic carbocycles. The second-order valence-corrected chi connectivity index (χ2v) is 5.14. The molecule has 3 N–H and O–H groups in total. The van der Waals surface area contributed by atoms with E-state index < -0.39 is 5.91 Å². The molecule has 1 heterocycles. The van der Waals surface area contributed by atoms with E-state index in [2.05, 4.69) is 26.1 Å².